The summed E-state index contributed by atoms with van der Waals surface area (Å²) in [4.78, 5) is 70.5. The van der Waals surface area contributed by atoms with Crippen LogP contribution in [0.4, 0.5) is 17.5 Å². The number of hydrogen-bond donors (Lipinski definition) is 5. The Morgan fingerprint density at radius 2 is 1.72 bits per heavy atom. The van der Waals surface area contributed by atoms with Crippen LogP contribution in [0.1, 0.15) is 92.4 Å². The third-order valence-electron chi connectivity index (χ3n) is 8.96. The second-order valence-corrected chi connectivity index (χ2v) is 14.4. The summed E-state index contributed by atoms with van der Waals surface area (Å²) in [5, 5.41) is 23.1. The first-order valence-corrected chi connectivity index (χ1v) is 17.7. The minimum atomic E-state index is -1.59. The van der Waals surface area contributed by atoms with Gasteiger partial charge >= 0.3 is 17.9 Å². The maximum absolute atomic E-state index is 13.5. The molecule has 7 N–H and O–H groups in total. The number of aliphatic carboxylic acids is 1. The Kier molecular flexibility index (Phi) is 12.1. The Hall–Kier alpha value is -6.06. The van der Waals surface area contributed by atoms with Gasteiger partial charge in [0.05, 0.1) is 18.4 Å². The molecule has 0 radical (unpaired) electrons. The van der Waals surface area contributed by atoms with E-state index in [0.29, 0.717) is 23.3 Å². The quantitative estimate of drug-likeness (QED) is 0.114. The molecular weight excluding hydrogens is 696 g/mol. The minimum Gasteiger partial charge on any atom is -0.508 e. The topological polar surface area (TPSA) is 246 Å². The van der Waals surface area contributed by atoms with E-state index in [9.17, 15) is 29.4 Å². The molecule has 16 nitrogen and oxygen atoms in total. The number of anilines is 3. The highest BCUT2D eigenvalue weighted by molar-refractivity contribution is 5.97. The minimum absolute atomic E-state index is 0.00255. The summed E-state index contributed by atoms with van der Waals surface area (Å²) in [6.45, 7) is 5.44. The van der Waals surface area contributed by atoms with E-state index in [2.05, 4.69) is 25.3 Å². The molecule has 0 bridgehead atoms. The number of carbonyl (C=O) groups excluding carboxylic acids is 3. The second-order valence-electron chi connectivity index (χ2n) is 14.4. The number of nitrogens with zero attached hydrogens (tertiary/aromatic N) is 5. The summed E-state index contributed by atoms with van der Waals surface area (Å²) in [6.07, 6.45) is 3.30. The van der Waals surface area contributed by atoms with Gasteiger partial charge in [-0.25, -0.2) is 19.6 Å². The monoisotopic (exact) mass is 742 g/mol. The Morgan fingerprint density at radius 3 is 2.39 bits per heavy atom. The first-order valence-electron chi connectivity index (χ1n) is 17.7. The van der Waals surface area contributed by atoms with Gasteiger partial charge in [0.15, 0.2) is 17.0 Å². The summed E-state index contributed by atoms with van der Waals surface area (Å²) in [5.41, 5.74) is 14.2. The average Bonchev–Trinajstić information content (AvgIpc) is 3.65. The zero-order valence-corrected chi connectivity index (χ0v) is 30.7. The van der Waals surface area contributed by atoms with Gasteiger partial charge in [-0.1, -0.05) is 25.0 Å². The van der Waals surface area contributed by atoms with Crippen LogP contribution in [0.15, 0.2) is 48.7 Å². The predicted molar refractivity (Wildman–Crippen MR) is 199 cm³/mol. The van der Waals surface area contributed by atoms with Crippen LogP contribution in [0.3, 0.4) is 0 Å². The van der Waals surface area contributed by atoms with E-state index in [-0.39, 0.29) is 53.9 Å². The van der Waals surface area contributed by atoms with Crippen LogP contribution in [0.5, 0.6) is 5.75 Å². The van der Waals surface area contributed by atoms with Gasteiger partial charge in [-0.3, -0.25) is 9.59 Å². The fraction of sp³-hybridized carbons (Fsp3) is 0.421. The van der Waals surface area contributed by atoms with Crippen LogP contribution in [0, 0.1) is 0 Å². The number of ether oxygens (including phenoxy) is 2. The smallest absolute Gasteiger partial charge is 0.345 e. The van der Waals surface area contributed by atoms with E-state index in [1.807, 2.05) is 11.9 Å². The van der Waals surface area contributed by atoms with Crippen molar-refractivity contribution in [1.29, 1.82) is 0 Å². The van der Waals surface area contributed by atoms with Crippen molar-refractivity contribution in [2.75, 3.05) is 23.4 Å². The number of benzene rings is 2. The van der Waals surface area contributed by atoms with Crippen LogP contribution >= 0.6 is 0 Å². The molecule has 2 heterocycles. The van der Waals surface area contributed by atoms with Crippen molar-refractivity contribution >= 4 is 52.4 Å². The van der Waals surface area contributed by atoms with Crippen molar-refractivity contribution in [3.05, 3.63) is 71.0 Å². The standard InChI is InChI=1S/C38H46N8O8/c1-38(2,3)54-30(48)16-14-27(36(52)53-29(35(50)51)18-21-9-15-28(47)26(17-21)22-7-5-6-8-22)43-34(49)23-10-12-25(13-11-23)46(4)20-24-19-41-33-31(42-24)32(39)44-37(40)45-33/h9-13,15,17,19,22,27,29,47H,5-8,14,16,18,20H2,1-4H3,(H,43,49)(H,50,51)(H4,39,40,41,44,45)/t27-,29?/m0/s1. The van der Waals surface area contributed by atoms with Gasteiger partial charge in [-0.05, 0) is 87.4 Å². The molecule has 0 aliphatic heterocycles. The number of carboxylic acid groups (broad SMARTS) is 1. The summed E-state index contributed by atoms with van der Waals surface area (Å²) in [6, 6.07) is 10.0. The van der Waals surface area contributed by atoms with Crippen molar-refractivity contribution in [1.82, 2.24) is 25.3 Å². The molecule has 4 aromatic rings. The van der Waals surface area contributed by atoms with Crippen LogP contribution in [-0.2, 0) is 36.8 Å². The first-order chi connectivity index (χ1) is 25.6. The van der Waals surface area contributed by atoms with Crippen molar-refractivity contribution < 1.29 is 38.9 Å². The predicted octanol–water partition coefficient (Wildman–Crippen LogP) is 4.04. The molecule has 0 saturated heterocycles. The lowest BCUT2D eigenvalue weighted by Gasteiger charge is -2.23. The van der Waals surface area contributed by atoms with Crippen molar-refractivity contribution in [3.63, 3.8) is 0 Å². The molecule has 1 aliphatic carbocycles. The second kappa shape index (κ2) is 16.7. The summed E-state index contributed by atoms with van der Waals surface area (Å²) >= 11 is 0. The van der Waals surface area contributed by atoms with Gasteiger partial charge in [0.25, 0.3) is 5.91 Å². The molecule has 54 heavy (non-hydrogen) atoms. The number of hydrogen-bond acceptors (Lipinski definition) is 14. The maximum Gasteiger partial charge on any atom is 0.345 e. The number of esters is 2. The van der Waals surface area contributed by atoms with E-state index in [4.69, 9.17) is 20.9 Å². The van der Waals surface area contributed by atoms with E-state index in [0.717, 1.165) is 36.9 Å². The zero-order valence-electron chi connectivity index (χ0n) is 30.7. The third kappa shape index (κ3) is 10.3. The van der Waals surface area contributed by atoms with Crippen LogP contribution in [0.2, 0.25) is 0 Å². The van der Waals surface area contributed by atoms with Gasteiger partial charge < -0.3 is 41.4 Å². The highest BCUT2D eigenvalue weighted by Gasteiger charge is 2.31. The molecule has 2 atom stereocenters. The molecule has 1 amide bonds. The Bertz CT molecular complexity index is 2010. The number of nitrogens with one attached hydrogen (secondary N) is 1. The SMILES string of the molecule is CN(Cc1cnc2nc(N)nc(N)c2n1)c1ccc(C(=O)N[C@@H](CCC(=O)OC(C)(C)C)C(=O)OC(Cc2ccc(O)c(C3CCCC3)c2)C(=O)O)cc1. The number of carbonyl (C=O) groups is 4. The van der Waals surface area contributed by atoms with Crippen LogP contribution in [0.25, 0.3) is 11.2 Å². The number of carboxylic acids is 1. The Balaban J connectivity index is 1.27. The van der Waals surface area contributed by atoms with E-state index < -0.39 is 41.6 Å². The van der Waals surface area contributed by atoms with Crippen molar-refractivity contribution in [3.8, 4) is 5.75 Å². The average molecular weight is 743 g/mol. The zero-order chi connectivity index (χ0) is 39.2. The summed E-state index contributed by atoms with van der Waals surface area (Å²) in [5.74, 6) is -3.21. The molecule has 16 heteroatoms. The van der Waals surface area contributed by atoms with E-state index >= 15 is 0 Å². The molecule has 0 spiro atoms. The number of rotatable bonds is 14. The lowest BCUT2D eigenvalue weighted by atomic mass is 9.93. The van der Waals surface area contributed by atoms with Crippen LogP contribution in [-0.4, -0.2) is 78.8 Å². The molecule has 1 aliphatic rings. The fourth-order valence-corrected chi connectivity index (χ4v) is 6.32. The Labute approximate surface area is 312 Å². The molecule has 1 unspecified atom stereocenters. The summed E-state index contributed by atoms with van der Waals surface area (Å²) < 4.78 is 10.9. The molecular formula is C38H46N8O8. The first kappa shape index (κ1) is 39.2. The van der Waals surface area contributed by atoms with Gasteiger partial charge in [-0.15, -0.1) is 0 Å². The molecule has 286 valence electrons. The maximum atomic E-state index is 13.5. The lowest BCUT2D eigenvalue weighted by Crippen LogP contribution is -2.45. The van der Waals surface area contributed by atoms with E-state index in [1.54, 1.807) is 63.4 Å². The highest BCUT2D eigenvalue weighted by Crippen LogP contribution is 2.39. The van der Waals surface area contributed by atoms with Crippen molar-refractivity contribution in [2.45, 2.75) is 95.9 Å². The number of phenols is 1. The molecule has 1 saturated carbocycles. The number of aromatic hydroxyl groups is 1. The number of nitrogen functional groups attached to an aromatic ring is 2. The number of aromatic nitrogens is 4. The molecule has 1 fully saturated rings. The summed E-state index contributed by atoms with van der Waals surface area (Å²) in [7, 11) is 1.82. The molecule has 2 aromatic carbocycles. The normalized spacial score (nSPS) is 14.3. The Morgan fingerprint density at radius 1 is 1.02 bits per heavy atom. The third-order valence-corrected chi connectivity index (χ3v) is 8.96. The van der Waals surface area contributed by atoms with Crippen molar-refractivity contribution in [2.24, 2.45) is 0 Å². The molecule has 2 aromatic heterocycles. The van der Waals surface area contributed by atoms with Gasteiger partial charge in [0.1, 0.15) is 17.4 Å². The van der Waals surface area contributed by atoms with Gasteiger partial charge in [-0.2, -0.15) is 9.97 Å². The number of amides is 1. The largest absolute Gasteiger partial charge is 0.508 e. The van der Waals surface area contributed by atoms with Gasteiger partial charge in [0.2, 0.25) is 12.1 Å². The fourth-order valence-electron chi connectivity index (χ4n) is 6.32. The number of nitrogens with two attached hydrogens (primary N) is 2. The molecule has 5 rings (SSSR count). The highest BCUT2D eigenvalue weighted by atomic mass is 16.6. The number of fused-ring (bicyclic) bond motifs is 1. The lowest BCUT2D eigenvalue weighted by molar-refractivity contribution is -0.165. The number of phenolic OH excluding ortho intramolecular Hbond substituents is 1. The van der Waals surface area contributed by atoms with E-state index in [1.165, 1.54) is 6.07 Å². The van der Waals surface area contributed by atoms with Gasteiger partial charge in [0, 0.05) is 31.1 Å². The van der Waals surface area contributed by atoms with Crippen LogP contribution < -0.4 is 21.7 Å².